The van der Waals surface area contributed by atoms with Crippen molar-refractivity contribution in [2.45, 2.75) is 0 Å². The van der Waals surface area contributed by atoms with E-state index in [-0.39, 0.29) is 18.5 Å². The zero-order valence-corrected chi connectivity index (χ0v) is 15.6. The molecular formula is C21H16FN5O3. The number of aromatic amines is 1. The summed E-state index contributed by atoms with van der Waals surface area (Å²) in [6.45, 7) is -0.257. The zero-order chi connectivity index (χ0) is 20.9. The predicted octanol–water partition coefficient (Wildman–Crippen LogP) is 3.37. The molecule has 3 aromatic carbocycles. The number of H-pyrrole nitrogens is 1. The van der Waals surface area contributed by atoms with Gasteiger partial charge in [0.1, 0.15) is 17.9 Å². The van der Waals surface area contributed by atoms with Crippen LogP contribution in [0.2, 0.25) is 0 Å². The third kappa shape index (κ3) is 4.25. The molecule has 0 bridgehead atoms. The number of hydrogen-bond donors (Lipinski definition) is 3. The SMILES string of the molecule is O=C(COc1ccc(C(=O)Nc2cccc(F)c2)c2ccccc12)Nc1nc[nH]n1. The van der Waals surface area contributed by atoms with Crippen LogP contribution in [0.3, 0.4) is 0 Å². The Morgan fingerprint density at radius 3 is 2.60 bits per heavy atom. The van der Waals surface area contributed by atoms with Crippen LogP contribution in [0.1, 0.15) is 10.4 Å². The number of nitrogens with zero attached hydrogens (tertiary/aromatic N) is 2. The van der Waals surface area contributed by atoms with Crippen molar-refractivity contribution in [1.29, 1.82) is 0 Å². The molecule has 9 heteroatoms. The first-order chi connectivity index (χ1) is 14.6. The van der Waals surface area contributed by atoms with Crippen molar-refractivity contribution in [3.05, 3.63) is 78.4 Å². The van der Waals surface area contributed by atoms with E-state index < -0.39 is 11.7 Å². The Labute approximate surface area is 170 Å². The summed E-state index contributed by atoms with van der Waals surface area (Å²) >= 11 is 0. The van der Waals surface area contributed by atoms with Crippen molar-refractivity contribution in [1.82, 2.24) is 15.2 Å². The molecule has 8 nitrogen and oxygen atoms in total. The Kier molecular flexibility index (Phi) is 5.33. The van der Waals surface area contributed by atoms with Gasteiger partial charge in [0.15, 0.2) is 6.61 Å². The summed E-state index contributed by atoms with van der Waals surface area (Å²) in [7, 11) is 0. The number of carbonyl (C=O) groups excluding carboxylic acids is 2. The molecule has 30 heavy (non-hydrogen) atoms. The van der Waals surface area contributed by atoms with E-state index in [1.165, 1.54) is 24.5 Å². The highest BCUT2D eigenvalue weighted by Crippen LogP contribution is 2.29. The Bertz CT molecular complexity index is 1210. The summed E-state index contributed by atoms with van der Waals surface area (Å²) < 4.78 is 19.0. The number of rotatable bonds is 6. The van der Waals surface area contributed by atoms with Crippen LogP contribution in [-0.4, -0.2) is 33.6 Å². The van der Waals surface area contributed by atoms with E-state index in [4.69, 9.17) is 4.74 Å². The van der Waals surface area contributed by atoms with E-state index in [1.54, 1.807) is 42.5 Å². The number of fused-ring (bicyclic) bond motifs is 1. The number of hydrogen-bond acceptors (Lipinski definition) is 5. The largest absolute Gasteiger partial charge is 0.483 e. The molecule has 4 aromatic rings. The molecule has 0 aliphatic carbocycles. The Morgan fingerprint density at radius 1 is 1.00 bits per heavy atom. The lowest BCUT2D eigenvalue weighted by Gasteiger charge is -2.12. The van der Waals surface area contributed by atoms with Gasteiger partial charge in [-0.25, -0.2) is 9.37 Å². The van der Waals surface area contributed by atoms with Crippen LogP contribution >= 0.6 is 0 Å². The van der Waals surface area contributed by atoms with Gasteiger partial charge in [-0.2, -0.15) is 0 Å². The average Bonchev–Trinajstić information content (AvgIpc) is 3.25. The summed E-state index contributed by atoms with van der Waals surface area (Å²) in [4.78, 5) is 28.5. The monoisotopic (exact) mass is 405 g/mol. The smallest absolute Gasteiger partial charge is 0.264 e. The van der Waals surface area contributed by atoms with E-state index >= 15 is 0 Å². The van der Waals surface area contributed by atoms with Gasteiger partial charge in [0, 0.05) is 16.6 Å². The normalized spacial score (nSPS) is 10.6. The minimum atomic E-state index is -0.440. The van der Waals surface area contributed by atoms with Crippen molar-refractivity contribution >= 4 is 34.2 Å². The second-order valence-electron chi connectivity index (χ2n) is 6.28. The lowest BCUT2D eigenvalue weighted by molar-refractivity contribution is -0.118. The third-order valence-corrected chi connectivity index (χ3v) is 4.24. The molecule has 0 saturated carbocycles. The van der Waals surface area contributed by atoms with E-state index in [2.05, 4.69) is 25.8 Å². The van der Waals surface area contributed by atoms with Crippen molar-refractivity contribution in [2.24, 2.45) is 0 Å². The molecule has 0 saturated heterocycles. The highest BCUT2D eigenvalue weighted by molar-refractivity contribution is 6.14. The number of anilines is 2. The van der Waals surface area contributed by atoms with Gasteiger partial charge in [0.05, 0.1) is 0 Å². The maximum absolute atomic E-state index is 13.4. The van der Waals surface area contributed by atoms with Crippen molar-refractivity contribution < 1.29 is 18.7 Å². The predicted molar refractivity (Wildman–Crippen MR) is 109 cm³/mol. The summed E-state index contributed by atoms with van der Waals surface area (Å²) in [5.41, 5.74) is 0.750. The first-order valence-electron chi connectivity index (χ1n) is 8.97. The molecule has 0 atom stereocenters. The number of ether oxygens (including phenoxy) is 1. The molecule has 0 radical (unpaired) electrons. The molecule has 2 amide bonds. The number of halogens is 1. The van der Waals surface area contributed by atoms with Crippen LogP contribution in [0.25, 0.3) is 10.8 Å². The van der Waals surface area contributed by atoms with Gasteiger partial charge in [-0.3, -0.25) is 20.0 Å². The van der Waals surface area contributed by atoms with Crippen LogP contribution in [-0.2, 0) is 4.79 Å². The van der Waals surface area contributed by atoms with Crippen molar-refractivity contribution in [3.63, 3.8) is 0 Å². The lowest BCUT2D eigenvalue weighted by Crippen LogP contribution is -2.21. The van der Waals surface area contributed by atoms with Crippen LogP contribution in [0.5, 0.6) is 5.75 Å². The zero-order valence-electron chi connectivity index (χ0n) is 15.6. The Morgan fingerprint density at radius 2 is 1.83 bits per heavy atom. The summed E-state index contributed by atoms with van der Waals surface area (Å²) in [6.07, 6.45) is 1.34. The fourth-order valence-corrected chi connectivity index (χ4v) is 2.93. The van der Waals surface area contributed by atoms with Gasteiger partial charge < -0.3 is 10.1 Å². The maximum atomic E-state index is 13.4. The first-order valence-corrected chi connectivity index (χ1v) is 8.97. The average molecular weight is 405 g/mol. The Hall–Kier alpha value is -4.27. The van der Waals surface area contributed by atoms with E-state index in [1.807, 2.05) is 0 Å². The fourth-order valence-electron chi connectivity index (χ4n) is 2.93. The van der Waals surface area contributed by atoms with E-state index in [0.717, 1.165) is 0 Å². The third-order valence-electron chi connectivity index (χ3n) is 4.24. The van der Waals surface area contributed by atoms with Crippen LogP contribution in [0.4, 0.5) is 16.0 Å². The van der Waals surface area contributed by atoms with Crippen LogP contribution in [0.15, 0.2) is 67.0 Å². The molecular weight excluding hydrogens is 389 g/mol. The quantitative estimate of drug-likeness (QED) is 0.456. The van der Waals surface area contributed by atoms with Gasteiger partial charge in [0.25, 0.3) is 11.8 Å². The standard InChI is InChI=1S/C21H16FN5O3/c22-13-4-3-5-14(10-13)25-20(29)17-8-9-18(16-7-2-1-6-15(16)17)30-11-19(28)26-21-23-12-24-27-21/h1-10,12H,11H2,(H,25,29)(H2,23,24,26,27,28). The highest BCUT2D eigenvalue weighted by atomic mass is 19.1. The maximum Gasteiger partial charge on any atom is 0.264 e. The molecule has 0 spiro atoms. The molecule has 0 unspecified atom stereocenters. The van der Waals surface area contributed by atoms with Crippen molar-refractivity contribution in [3.8, 4) is 5.75 Å². The molecule has 0 aliphatic rings. The molecule has 1 heterocycles. The minimum absolute atomic E-state index is 0.151. The second-order valence-corrected chi connectivity index (χ2v) is 6.28. The van der Waals surface area contributed by atoms with Gasteiger partial charge >= 0.3 is 0 Å². The highest BCUT2D eigenvalue weighted by Gasteiger charge is 2.14. The molecule has 150 valence electrons. The number of amides is 2. The summed E-state index contributed by atoms with van der Waals surface area (Å²) in [5.74, 6) is -0.655. The molecule has 0 fully saturated rings. The van der Waals surface area contributed by atoms with E-state index in [0.29, 0.717) is 27.8 Å². The summed E-state index contributed by atoms with van der Waals surface area (Å²) in [6, 6.07) is 16.0. The topological polar surface area (TPSA) is 109 Å². The summed E-state index contributed by atoms with van der Waals surface area (Å²) in [5, 5.41) is 12.7. The first kappa shape index (κ1) is 19.1. The number of benzene rings is 3. The Balaban J connectivity index is 1.54. The van der Waals surface area contributed by atoms with Gasteiger partial charge in [-0.15, -0.1) is 5.10 Å². The van der Waals surface area contributed by atoms with E-state index in [9.17, 15) is 14.0 Å². The molecule has 0 aliphatic heterocycles. The van der Waals surface area contributed by atoms with Gasteiger partial charge in [-0.1, -0.05) is 30.3 Å². The number of carbonyl (C=O) groups is 2. The van der Waals surface area contributed by atoms with Gasteiger partial charge in [-0.05, 0) is 35.7 Å². The molecule has 3 N–H and O–H groups in total. The van der Waals surface area contributed by atoms with Crippen LogP contribution in [0, 0.1) is 5.82 Å². The fraction of sp³-hybridized carbons (Fsp3) is 0.0476. The lowest BCUT2D eigenvalue weighted by atomic mass is 10.0. The molecule has 1 aromatic heterocycles. The van der Waals surface area contributed by atoms with Gasteiger partial charge in [0.2, 0.25) is 5.95 Å². The number of nitrogens with one attached hydrogen (secondary N) is 3. The minimum Gasteiger partial charge on any atom is -0.483 e. The second kappa shape index (κ2) is 8.39. The van der Waals surface area contributed by atoms with Crippen LogP contribution < -0.4 is 15.4 Å². The molecule has 4 rings (SSSR count). The van der Waals surface area contributed by atoms with Crippen molar-refractivity contribution in [2.75, 3.05) is 17.2 Å². The number of aromatic nitrogens is 3.